The monoisotopic (exact) mass is 282 g/mol. The van der Waals surface area contributed by atoms with Crippen molar-refractivity contribution >= 4 is 11.8 Å². The van der Waals surface area contributed by atoms with Crippen molar-refractivity contribution < 1.29 is 9.59 Å². The van der Waals surface area contributed by atoms with Crippen molar-refractivity contribution in [2.45, 2.75) is 25.3 Å². The van der Waals surface area contributed by atoms with Crippen LogP contribution in [0.25, 0.3) is 0 Å². The van der Waals surface area contributed by atoms with E-state index in [1.165, 1.54) is 0 Å². The zero-order chi connectivity index (χ0) is 14.5. The molecule has 0 unspecified atom stereocenters. The molecule has 0 aromatic heterocycles. The molecular formula is C14H26N4O2. The van der Waals surface area contributed by atoms with Gasteiger partial charge in [0.15, 0.2) is 0 Å². The van der Waals surface area contributed by atoms with Gasteiger partial charge in [0, 0.05) is 40.3 Å². The van der Waals surface area contributed by atoms with E-state index in [4.69, 9.17) is 0 Å². The molecule has 0 aliphatic carbocycles. The lowest BCUT2D eigenvalue weighted by Crippen LogP contribution is -2.45. The van der Waals surface area contributed by atoms with Gasteiger partial charge in [0.2, 0.25) is 11.8 Å². The Morgan fingerprint density at radius 3 is 2.60 bits per heavy atom. The fraction of sp³-hybridized carbons (Fsp3) is 0.857. The zero-order valence-corrected chi connectivity index (χ0v) is 12.6. The van der Waals surface area contributed by atoms with Gasteiger partial charge in [0.25, 0.3) is 0 Å². The largest absolute Gasteiger partial charge is 0.348 e. The van der Waals surface area contributed by atoms with Crippen LogP contribution < -0.4 is 5.32 Å². The van der Waals surface area contributed by atoms with E-state index in [1.807, 2.05) is 4.90 Å². The van der Waals surface area contributed by atoms with Gasteiger partial charge in [-0.2, -0.15) is 0 Å². The SMILES string of the molecule is CN(C)C(=O)CN1CCCN(C(=O)[C@@H]2CCCN2)CC1. The molecule has 2 amide bonds. The molecule has 2 aliphatic rings. The summed E-state index contributed by atoms with van der Waals surface area (Å²) in [4.78, 5) is 29.8. The van der Waals surface area contributed by atoms with Gasteiger partial charge in [0.1, 0.15) is 0 Å². The van der Waals surface area contributed by atoms with Gasteiger partial charge >= 0.3 is 0 Å². The number of hydrogen-bond acceptors (Lipinski definition) is 4. The molecule has 1 N–H and O–H groups in total. The molecular weight excluding hydrogens is 256 g/mol. The first-order chi connectivity index (χ1) is 9.58. The van der Waals surface area contributed by atoms with Gasteiger partial charge in [-0.1, -0.05) is 0 Å². The summed E-state index contributed by atoms with van der Waals surface area (Å²) in [5, 5.41) is 3.27. The van der Waals surface area contributed by atoms with Crippen molar-refractivity contribution in [3.63, 3.8) is 0 Å². The van der Waals surface area contributed by atoms with Crippen LogP contribution in [-0.2, 0) is 9.59 Å². The van der Waals surface area contributed by atoms with Crippen molar-refractivity contribution in [3.8, 4) is 0 Å². The number of rotatable bonds is 3. The lowest BCUT2D eigenvalue weighted by molar-refractivity contribution is -0.132. The van der Waals surface area contributed by atoms with Crippen molar-refractivity contribution in [1.29, 1.82) is 0 Å². The topological polar surface area (TPSA) is 55.9 Å². The Balaban J connectivity index is 1.82. The lowest BCUT2D eigenvalue weighted by atomic mass is 10.2. The first-order valence-corrected chi connectivity index (χ1v) is 7.52. The van der Waals surface area contributed by atoms with Gasteiger partial charge in [0.05, 0.1) is 12.6 Å². The van der Waals surface area contributed by atoms with Crippen LogP contribution >= 0.6 is 0 Å². The van der Waals surface area contributed by atoms with Crippen molar-refractivity contribution in [2.24, 2.45) is 0 Å². The van der Waals surface area contributed by atoms with E-state index < -0.39 is 0 Å². The minimum absolute atomic E-state index is 0.0185. The average Bonchev–Trinajstić information content (AvgIpc) is 2.85. The molecule has 6 heteroatoms. The Labute approximate surface area is 121 Å². The Hall–Kier alpha value is -1.14. The number of carbonyl (C=O) groups excluding carboxylic acids is 2. The van der Waals surface area contributed by atoms with Crippen LogP contribution in [0.15, 0.2) is 0 Å². The van der Waals surface area contributed by atoms with E-state index in [1.54, 1.807) is 19.0 Å². The van der Waals surface area contributed by atoms with E-state index in [2.05, 4.69) is 10.2 Å². The summed E-state index contributed by atoms with van der Waals surface area (Å²) in [5.74, 6) is 0.366. The number of hydrogen-bond donors (Lipinski definition) is 1. The second-order valence-electron chi connectivity index (χ2n) is 5.89. The second kappa shape index (κ2) is 7.04. The summed E-state index contributed by atoms with van der Waals surface area (Å²) >= 11 is 0. The molecule has 0 saturated carbocycles. The van der Waals surface area contributed by atoms with Gasteiger partial charge in [-0.25, -0.2) is 0 Å². The molecule has 2 saturated heterocycles. The molecule has 114 valence electrons. The molecule has 1 atom stereocenters. The van der Waals surface area contributed by atoms with E-state index in [9.17, 15) is 9.59 Å². The summed E-state index contributed by atoms with van der Waals surface area (Å²) in [6.45, 7) is 4.63. The highest BCUT2D eigenvalue weighted by Gasteiger charge is 2.28. The summed E-state index contributed by atoms with van der Waals surface area (Å²) in [7, 11) is 3.56. The highest BCUT2D eigenvalue weighted by atomic mass is 16.2. The fourth-order valence-electron chi connectivity index (χ4n) is 2.80. The number of likely N-dealkylation sites (N-methyl/N-ethyl adjacent to an activating group) is 1. The molecule has 0 spiro atoms. The maximum Gasteiger partial charge on any atom is 0.239 e. The van der Waals surface area contributed by atoms with Crippen LogP contribution in [0, 0.1) is 0 Å². The molecule has 2 aliphatic heterocycles. The third kappa shape index (κ3) is 3.93. The number of nitrogens with zero attached hydrogens (tertiary/aromatic N) is 3. The van der Waals surface area contributed by atoms with Crippen LogP contribution in [-0.4, -0.2) is 85.9 Å². The van der Waals surface area contributed by atoms with Crippen molar-refractivity contribution in [2.75, 3.05) is 53.4 Å². The highest BCUT2D eigenvalue weighted by Crippen LogP contribution is 2.11. The normalized spacial score (nSPS) is 24.5. The number of nitrogens with one attached hydrogen (secondary N) is 1. The molecule has 6 nitrogen and oxygen atoms in total. The predicted molar refractivity (Wildman–Crippen MR) is 77.4 cm³/mol. The van der Waals surface area contributed by atoms with E-state index in [-0.39, 0.29) is 17.9 Å². The first kappa shape index (κ1) is 15.3. The van der Waals surface area contributed by atoms with Crippen LogP contribution in [0.3, 0.4) is 0 Å². The number of carbonyl (C=O) groups is 2. The first-order valence-electron chi connectivity index (χ1n) is 7.52. The van der Waals surface area contributed by atoms with Crippen LogP contribution in [0.2, 0.25) is 0 Å². The Bertz CT molecular complexity index is 353. The molecule has 2 rings (SSSR count). The summed E-state index contributed by atoms with van der Waals surface area (Å²) in [5.41, 5.74) is 0. The predicted octanol–water partition coefficient (Wildman–Crippen LogP) is -0.639. The van der Waals surface area contributed by atoms with Crippen molar-refractivity contribution in [1.82, 2.24) is 20.0 Å². The van der Waals surface area contributed by atoms with Crippen LogP contribution in [0.1, 0.15) is 19.3 Å². The Morgan fingerprint density at radius 2 is 1.95 bits per heavy atom. The third-order valence-corrected chi connectivity index (χ3v) is 4.12. The second-order valence-corrected chi connectivity index (χ2v) is 5.89. The maximum atomic E-state index is 12.4. The van der Waals surface area contributed by atoms with Gasteiger partial charge in [-0.05, 0) is 25.8 Å². The quantitative estimate of drug-likeness (QED) is 0.748. The molecule has 20 heavy (non-hydrogen) atoms. The summed E-state index contributed by atoms with van der Waals surface area (Å²) in [6.07, 6.45) is 2.99. The molecule has 0 radical (unpaired) electrons. The highest BCUT2D eigenvalue weighted by molar-refractivity contribution is 5.82. The lowest BCUT2D eigenvalue weighted by Gasteiger charge is -2.24. The molecule has 2 heterocycles. The average molecular weight is 282 g/mol. The zero-order valence-electron chi connectivity index (χ0n) is 12.6. The Morgan fingerprint density at radius 1 is 1.15 bits per heavy atom. The fourth-order valence-corrected chi connectivity index (χ4v) is 2.80. The summed E-state index contributed by atoms with van der Waals surface area (Å²) < 4.78 is 0. The smallest absolute Gasteiger partial charge is 0.239 e. The number of amides is 2. The summed E-state index contributed by atoms with van der Waals surface area (Å²) in [6, 6.07) is 0.0185. The minimum atomic E-state index is 0.0185. The van der Waals surface area contributed by atoms with Crippen LogP contribution in [0.5, 0.6) is 0 Å². The third-order valence-electron chi connectivity index (χ3n) is 4.12. The minimum Gasteiger partial charge on any atom is -0.348 e. The van der Waals surface area contributed by atoms with E-state index in [0.717, 1.165) is 52.0 Å². The standard InChI is InChI=1S/C14H26N4O2/c1-16(2)13(19)11-17-7-4-8-18(10-9-17)14(20)12-5-3-6-15-12/h12,15H,3-11H2,1-2H3/t12-/m0/s1. The molecule has 2 fully saturated rings. The van der Waals surface area contributed by atoms with Crippen LogP contribution in [0.4, 0.5) is 0 Å². The maximum absolute atomic E-state index is 12.4. The molecule has 0 aromatic rings. The van der Waals surface area contributed by atoms with Crippen molar-refractivity contribution in [3.05, 3.63) is 0 Å². The molecule has 0 bridgehead atoms. The molecule has 0 aromatic carbocycles. The van der Waals surface area contributed by atoms with Gasteiger partial charge in [-0.15, -0.1) is 0 Å². The Kier molecular flexibility index (Phi) is 5.37. The van der Waals surface area contributed by atoms with E-state index in [0.29, 0.717) is 6.54 Å². The van der Waals surface area contributed by atoms with Gasteiger partial charge in [-0.3, -0.25) is 14.5 Å². The van der Waals surface area contributed by atoms with E-state index >= 15 is 0 Å². The van der Waals surface area contributed by atoms with Gasteiger partial charge < -0.3 is 15.1 Å².